The summed E-state index contributed by atoms with van der Waals surface area (Å²) in [6, 6.07) is 6.10. The van der Waals surface area contributed by atoms with Gasteiger partial charge in [-0.1, -0.05) is 18.2 Å². The van der Waals surface area contributed by atoms with E-state index in [4.69, 9.17) is 0 Å². The third-order valence-corrected chi connectivity index (χ3v) is 2.22. The molecular weight excluding hydrogens is 160 g/mol. The summed E-state index contributed by atoms with van der Waals surface area (Å²) in [5.41, 5.74) is 4.38. The monoisotopic (exact) mass is 174 g/mol. The summed E-state index contributed by atoms with van der Waals surface area (Å²) in [5, 5.41) is 0. The maximum Gasteiger partial charge on any atom is 0.145 e. The maximum absolute atomic E-state index is 10.4. The van der Waals surface area contributed by atoms with Gasteiger partial charge in [0.15, 0.2) is 0 Å². The van der Waals surface area contributed by atoms with Crippen molar-refractivity contribution >= 4 is 12.4 Å². The standard InChI is InChI=1S/C12H14O/c1-9(8-13)7-12-6-4-5-10(2)11(12)3/h4-8H,1-3H3/b9-7+. The van der Waals surface area contributed by atoms with E-state index in [0.717, 1.165) is 17.4 Å². The number of allylic oxidation sites excluding steroid dienone is 1. The number of benzene rings is 1. The van der Waals surface area contributed by atoms with Crippen molar-refractivity contribution in [2.45, 2.75) is 20.8 Å². The molecule has 1 heteroatoms. The summed E-state index contributed by atoms with van der Waals surface area (Å²) in [4.78, 5) is 10.4. The van der Waals surface area contributed by atoms with Gasteiger partial charge in [-0.25, -0.2) is 0 Å². The first-order valence-electron chi connectivity index (χ1n) is 4.35. The Balaban J connectivity index is 3.16. The van der Waals surface area contributed by atoms with Crippen molar-refractivity contribution in [2.24, 2.45) is 0 Å². The Morgan fingerprint density at radius 3 is 2.62 bits per heavy atom. The van der Waals surface area contributed by atoms with Crippen molar-refractivity contribution in [3.63, 3.8) is 0 Å². The molecule has 0 fully saturated rings. The highest BCUT2D eigenvalue weighted by molar-refractivity contribution is 5.81. The molecular formula is C12H14O. The molecule has 0 aliphatic rings. The molecule has 1 nitrogen and oxygen atoms in total. The Labute approximate surface area is 79.1 Å². The van der Waals surface area contributed by atoms with Crippen molar-refractivity contribution in [3.8, 4) is 0 Å². The van der Waals surface area contributed by atoms with Gasteiger partial charge in [0, 0.05) is 0 Å². The average Bonchev–Trinajstić information content (AvgIpc) is 2.13. The zero-order chi connectivity index (χ0) is 9.84. The highest BCUT2D eigenvalue weighted by atomic mass is 16.1. The van der Waals surface area contributed by atoms with Crippen LogP contribution in [-0.4, -0.2) is 6.29 Å². The molecule has 0 atom stereocenters. The highest BCUT2D eigenvalue weighted by Crippen LogP contribution is 2.15. The number of hydrogen-bond acceptors (Lipinski definition) is 1. The number of carbonyl (C=O) groups is 1. The molecule has 1 aromatic rings. The summed E-state index contributed by atoms with van der Waals surface area (Å²) >= 11 is 0. The van der Waals surface area contributed by atoms with Crippen LogP contribution in [0.15, 0.2) is 23.8 Å². The minimum atomic E-state index is 0.758. The fourth-order valence-corrected chi connectivity index (χ4v) is 1.21. The molecule has 0 spiro atoms. The molecule has 0 heterocycles. The lowest BCUT2D eigenvalue weighted by Crippen LogP contribution is -1.86. The Hall–Kier alpha value is -1.37. The summed E-state index contributed by atoms with van der Waals surface area (Å²) in [6.45, 7) is 5.96. The minimum absolute atomic E-state index is 0.758. The van der Waals surface area contributed by atoms with Crippen LogP contribution in [0.5, 0.6) is 0 Å². The van der Waals surface area contributed by atoms with Crippen molar-refractivity contribution < 1.29 is 4.79 Å². The van der Waals surface area contributed by atoms with Crippen molar-refractivity contribution in [3.05, 3.63) is 40.5 Å². The van der Waals surface area contributed by atoms with Crippen molar-refractivity contribution in [2.75, 3.05) is 0 Å². The molecule has 0 radical (unpaired) electrons. The van der Waals surface area contributed by atoms with Gasteiger partial charge in [0.1, 0.15) is 6.29 Å². The summed E-state index contributed by atoms with van der Waals surface area (Å²) < 4.78 is 0. The highest BCUT2D eigenvalue weighted by Gasteiger charge is 1.97. The third kappa shape index (κ3) is 2.28. The van der Waals surface area contributed by atoms with E-state index in [9.17, 15) is 4.79 Å². The average molecular weight is 174 g/mol. The molecule has 13 heavy (non-hydrogen) atoms. The van der Waals surface area contributed by atoms with Gasteiger partial charge in [-0.2, -0.15) is 0 Å². The van der Waals surface area contributed by atoms with Gasteiger partial charge in [0.25, 0.3) is 0 Å². The zero-order valence-electron chi connectivity index (χ0n) is 8.29. The summed E-state index contributed by atoms with van der Waals surface area (Å²) in [7, 11) is 0. The normalized spacial score (nSPS) is 11.5. The van der Waals surface area contributed by atoms with E-state index in [1.165, 1.54) is 11.1 Å². The number of carbonyl (C=O) groups excluding carboxylic acids is 1. The largest absolute Gasteiger partial charge is 0.298 e. The van der Waals surface area contributed by atoms with Crippen LogP contribution in [0.25, 0.3) is 6.08 Å². The molecule has 68 valence electrons. The second-order valence-corrected chi connectivity index (χ2v) is 3.30. The smallest absolute Gasteiger partial charge is 0.145 e. The molecule has 0 saturated heterocycles. The van der Waals surface area contributed by atoms with E-state index >= 15 is 0 Å². The predicted octanol–water partition coefficient (Wildman–Crippen LogP) is 2.91. The van der Waals surface area contributed by atoms with Crippen molar-refractivity contribution in [1.82, 2.24) is 0 Å². The van der Waals surface area contributed by atoms with Crippen LogP contribution in [0, 0.1) is 13.8 Å². The fraction of sp³-hybridized carbons (Fsp3) is 0.250. The Kier molecular flexibility index (Phi) is 3.02. The Bertz CT molecular complexity index is 348. The van der Waals surface area contributed by atoms with Gasteiger partial charge in [0.2, 0.25) is 0 Å². The lowest BCUT2D eigenvalue weighted by atomic mass is 10.0. The van der Waals surface area contributed by atoms with E-state index in [0.29, 0.717) is 0 Å². The molecule has 1 aromatic carbocycles. The molecule has 0 saturated carbocycles. The van der Waals surface area contributed by atoms with Gasteiger partial charge >= 0.3 is 0 Å². The van der Waals surface area contributed by atoms with Crippen LogP contribution in [0.1, 0.15) is 23.6 Å². The fourth-order valence-electron chi connectivity index (χ4n) is 1.21. The minimum Gasteiger partial charge on any atom is -0.298 e. The first kappa shape index (κ1) is 9.72. The van der Waals surface area contributed by atoms with Gasteiger partial charge in [-0.15, -0.1) is 0 Å². The second-order valence-electron chi connectivity index (χ2n) is 3.30. The second kappa shape index (κ2) is 4.04. The quantitative estimate of drug-likeness (QED) is 0.497. The van der Waals surface area contributed by atoms with Crippen LogP contribution in [0.4, 0.5) is 0 Å². The molecule has 0 amide bonds. The Morgan fingerprint density at radius 1 is 1.31 bits per heavy atom. The van der Waals surface area contributed by atoms with E-state index in [1.54, 1.807) is 0 Å². The van der Waals surface area contributed by atoms with Gasteiger partial charge < -0.3 is 0 Å². The molecule has 0 bridgehead atoms. The summed E-state index contributed by atoms with van der Waals surface area (Å²) in [6.07, 6.45) is 2.79. The summed E-state index contributed by atoms with van der Waals surface area (Å²) in [5.74, 6) is 0. The van der Waals surface area contributed by atoms with E-state index in [-0.39, 0.29) is 0 Å². The zero-order valence-corrected chi connectivity index (χ0v) is 8.29. The first-order chi connectivity index (χ1) is 6.15. The molecule has 0 unspecified atom stereocenters. The van der Waals surface area contributed by atoms with Crippen LogP contribution in [0.2, 0.25) is 0 Å². The molecule has 0 aliphatic heterocycles. The number of aryl methyl sites for hydroxylation is 1. The van der Waals surface area contributed by atoms with Crippen LogP contribution < -0.4 is 0 Å². The SMILES string of the molecule is C/C(C=O)=C\c1cccc(C)c1C. The van der Waals surface area contributed by atoms with Crippen LogP contribution >= 0.6 is 0 Å². The van der Waals surface area contributed by atoms with Crippen LogP contribution in [0.3, 0.4) is 0 Å². The number of hydrogen-bond donors (Lipinski definition) is 0. The van der Waals surface area contributed by atoms with Gasteiger partial charge in [0.05, 0.1) is 0 Å². The van der Waals surface area contributed by atoms with Gasteiger partial charge in [-0.3, -0.25) is 4.79 Å². The van der Waals surface area contributed by atoms with Crippen molar-refractivity contribution in [1.29, 1.82) is 0 Å². The van der Waals surface area contributed by atoms with Gasteiger partial charge in [-0.05, 0) is 49.1 Å². The maximum atomic E-state index is 10.4. The predicted molar refractivity (Wildman–Crippen MR) is 55.6 cm³/mol. The van der Waals surface area contributed by atoms with Crippen LogP contribution in [-0.2, 0) is 4.79 Å². The molecule has 1 rings (SSSR count). The third-order valence-electron chi connectivity index (χ3n) is 2.22. The van der Waals surface area contributed by atoms with E-state index < -0.39 is 0 Å². The first-order valence-corrected chi connectivity index (χ1v) is 4.35. The lowest BCUT2D eigenvalue weighted by molar-refractivity contribution is -0.104. The lowest BCUT2D eigenvalue weighted by Gasteiger charge is -2.03. The number of aldehydes is 1. The molecule has 0 aliphatic carbocycles. The molecule has 0 aromatic heterocycles. The molecule has 0 N–H and O–H groups in total. The van der Waals surface area contributed by atoms with E-state index in [2.05, 4.69) is 19.9 Å². The topological polar surface area (TPSA) is 17.1 Å². The van der Waals surface area contributed by atoms with E-state index in [1.807, 2.05) is 25.1 Å². The number of rotatable bonds is 2. The Morgan fingerprint density at radius 2 is 2.00 bits per heavy atom.